The topological polar surface area (TPSA) is 62.2 Å². The number of thiocarbonyl (C=S) groups is 1. The molecule has 2 rings (SSSR count). The lowest BCUT2D eigenvalue weighted by molar-refractivity contribution is 0.0721. The van der Waals surface area contributed by atoms with E-state index in [1.54, 1.807) is 54.9 Å². The molecule has 2 aromatic rings. The molecule has 0 radical (unpaired) electrons. The average Bonchev–Trinajstić information content (AvgIpc) is 2.48. The van der Waals surface area contributed by atoms with Crippen LogP contribution in [0.5, 0.6) is 0 Å². The maximum absolute atomic E-state index is 11.9. The van der Waals surface area contributed by atoms with E-state index in [1.165, 1.54) is 0 Å². The Morgan fingerprint density at radius 3 is 2.47 bits per heavy atom. The number of aliphatic hydroxyl groups excluding tert-OH is 1. The summed E-state index contributed by atoms with van der Waals surface area (Å²) in [6, 6.07) is 12.0. The number of nitrogens with zero attached hydrogens (tertiary/aromatic N) is 1. The second-order valence-electron chi connectivity index (χ2n) is 3.85. The van der Waals surface area contributed by atoms with Crippen molar-refractivity contribution in [1.29, 1.82) is 0 Å². The first kappa shape index (κ1) is 13.3. The number of rotatable bonds is 4. The van der Waals surface area contributed by atoms with Gasteiger partial charge >= 0.3 is 0 Å². The molecule has 0 spiro atoms. The lowest BCUT2D eigenvalue weighted by Crippen LogP contribution is -2.40. The zero-order chi connectivity index (χ0) is 13.7. The summed E-state index contributed by atoms with van der Waals surface area (Å²) in [6.45, 7) is 0. The number of hydrogen-bond donors (Lipinski definition) is 2. The van der Waals surface area contributed by atoms with Gasteiger partial charge in [0.05, 0.1) is 0 Å². The molecule has 1 aromatic heterocycles. The first-order chi connectivity index (χ1) is 9.18. The minimum absolute atomic E-state index is 0.282. The van der Waals surface area contributed by atoms with Gasteiger partial charge in [-0.15, -0.1) is 0 Å². The van der Waals surface area contributed by atoms with Gasteiger partial charge in [-0.05, 0) is 12.1 Å². The number of hydrogen-bond acceptors (Lipinski definition) is 4. The Morgan fingerprint density at radius 1 is 1.16 bits per heavy atom. The van der Waals surface area contributed by atoms with Gasteiger partial charge in [-0.25, -0.2) is 0 Å². The molecule has 96 valence electrons. The number of Topliss-reactive ketones (excluding diaryl/α,β-unsaturated/α-hetero) is 1. The monoisotopic (exact) mass is 272 g/mol. The van der Waals surface area contributed by atoms with E-state index < -0.39 is 12.0 Å². The molecule has 0 bridgehead atoms. The summed E-state index contributed by atoms with van der Waals surface area (Å²) in [4.78, 5) is 16.1. The predicted molar refractivity (Wildman–Crippen MR) is 75.9 cm³/mol. The lowest BCUT2D eigenvalue weighted by Gasteiger charge is -2.13. The Bertz CT molecular complexity index is 573. The molecule has 1 aromatic carbocycles. The van der Waals surface area contributed by atoms with Gasteiger partial charge in [0.25, 0.3) is 0 Å². The summed E-state index contributed by atoms with van der Waals surface area (Å²) in [7, 11) is 0. The second-order valence-corrected chi connectivity index (χ2v) is 4.26. The SMILES string of the molecule is O=C(c1ccccc1)[C@@H](O)NC(=S)c1cccnc1. The van der Waals surface area contributed by atoms with Crippen molar-refractivity contribution in [3.63, 3.8) is 0 Å². The fourth-order valence-electron chi connectivity index (χ4n) is 1.53. The molecule has 0 aliphatic carbocycles. The third-order valence-electron chi connectivity index (χ3n) is 2.50. The molecule has 0 saturated carbocycles. The lowest BCUT2D eigenvalue weighted by atomic mass is 10.1. The van der Waals surface area contributed by atoms with Crippen molar-refractivity contribution >= 4 is 23.0 Å². The molecule has 0 aliphatic rings. The third kappa shape index (κ3) is 3.43. The number of nitrogens with one attached hydrogen (secondary N) is 1. The molecular weight excluding hydrogens is 260 g/mol. The summed E-state index contributed by atoms with van der Waals surface area (Å²) in [6.07, 6.45) is 1.82. The fraction of sp³-hybridized carbons (Fsp3) is 0.0714. The van der Waals surface area contributed by atoms with Crippen LogP contribution in [0.15, 0.2) is 54.9 Å². The van der Waals surface area contributed by atoms with Crippen LogP contribution in [0.2, 0.25) is 0 Å². The van der Waals surface area contributed by atoms with Crippen molar-refractivity contribution in [2.75, 3.05) is 0 Å². The molecule has 4 nitrogen and oxygen atoms in total. The minimum atomic E-state index is -1.37. The molecule has 1 atom stereocenters. The summed E-state index contributed by atoms with van der Waals surface area (Å²) >= 11 is 5.10. The Kier molecular flexibility index (Phi) is 4.33. The molecule has 0 unspecified atom stereocenters. The van der Waals surface area contributed by atoms with E-state index in [0.717, 1.165) is 0 Å². The Hall–Kier alpha value is -2.11. The summed E-state index contributed by atoms with van der Waals surface area (Å²) in [5, 5.41) is 12.4. The molecule has 5 heteroatoms. The number of ketones is 1. The van der Waals surface area contributed by atoms with Gasteiger partial charge in [-0.1, -0.05) is 42.5 Å². The van der Waals surface area contributed by atoms with Crippen molar-refractivity contribution in [2.24, 2.45) is 0 Å². The van der Waals surface area contributed by atoms with Crippen molar-refractivity contribution in [2.45, 2.75) is 6.23 Å². The Morgan fingerprint density at radius 2 is 1.84 bits per heavy atom. The summed E-state index contributed by atoms with van der Waals surface area (Å²) in [5.41, 5.74) is 1.08. The van der Waals surface area contributed by atoms with Crippen molar-refractivity contribution < 1.29 is 9.90 Å². The highest BCUT2D eigenvalue weighted by atomic mass is 32.1. The predicted octanol–water partition coefficient (Wildman–Crippen LogP) is 1.55. The van der Waals surface area contributed by atoms with Gasteiger partial charge in [0.15, 0.2) is 6.23 Å². The largest absolute Gasteiger partial charge is 0.367 e. The van der Waals surface area contributed by atoms with E-state index in [1.807, 2.05) is 0 Å². The molecular formula is C14H12N2O2S. The Balaban J connectivity index is 2.04. The van der Waals surface area contributed by atoms with Gasteiger partial charge in [0.2, 0.25) is 5.78 Å². The van der Waals surface area contributed by atoms with Crippen LogP contribution >= 0.6 is 12.2 Å². The van der Waals surface area contributed by atoms with Crippen LogP contribution in [0.1, 0.15) is 15.9 Å². The van der Waals surface area contributed by atoms with E-state index in [9.17, 15) is 9.90 Å². The van der Waals surface area contributed by atoms with E-state index >= 15 is 0 Å². The zero-order valence-corrected chi connectivity index (χ0v) is 10.8. The molecule has 0 fully saturated rings. The number of benzene rings is 1. The average molecular weight is 272 g/mol. The van der Waals surface area contributed by atoms with E-state index in [2.05, 4.69) is 10.3 Å². The number of carbonyl (C=O) groups is 1. The highest BCUT2D eigenvalue weighted by Gasteiger charge is 2.17. The first-order valence-electron chi connectivity index (χ1n) is 5.66. The van der Waals surface area contributed by atoms with Crippen LogP contribution in [0, 0.1) is 0 Å². The maximum Gasteiger partial charge on any atom is 0.211 e. The molecule has 2 N–H and O–H groups in total. The quantitative estimate of drug-likeness (QED) is 0.502. The van der Waals surface area contributed by atoms with Gasteiger partial charge in [0, 0.05) is 23.5 Å². The number of aromatic nitrogens is 1. The first-order valence-corrected chi connectivity index (χ1v) is 6.07. The molecule has 1 heterocycles. The highest BCUT2D eigenvalue weighted by molar-refractivity contribution is 7.80. The molecule has 0 saturated heterocycles. The smallest absolute Gasteiger partial charge is 0.211 e. The molecule has 0 aliphatic heterocycles. The normalized spacial score (nSPS) is 11.6. The van der Waals surface area contributed by atoms with Crippen LogP contribution in [-0.2, 0) is 0 Å². The van der Waals surface area contributed by atoms with Crippen molar-refractivity contribution in [3.05, 3.63) is 66.0 Å². The fourth-order valence-corrected chi connectivity index (χ4v) is 1.76. The van der Waals surface area contributed by atoms with Gasteiger partial charge in [0.1, 0.15) is 4.99 Å². The van der Waals surface area contributed by atoms with Crippen molar-refractivity contribution in [1.82, 2.24) is 10.3 Å². The maximum atomic E-state index is 11.9. The number of aliphatic hydroxyl groups is 1. The zero-order valence-electron chi connectivity index (χ0n) is 9.98. The van der Waals surface area contributed by atoms with E-state index in [0.29, 0.717) is 11.1 Å². The summed E-state index contributed by atoms with van der Waals surface area (Å²) in [5.74, 6) is -0.424. The van der Waals surface area contributed by atoms with Crippen LogP contribution in [0.4, 0.5) is 0 Å². The Labute approximate surface area is 116 Å². The van der Waals surface area contributed by atoms with E-state index in [4.69, 9.17) is 12.2 Å². The second kappa shape index (κ2) is 6.17. The summed E-state index contributed by atoms with van der Waals surface area (Å²) < 4.78 is 0. The number of pyridine rings is 1. The highest BCUT2D eigenvalue weighted by Crippen LogP contribution is 2.04. The van der Waals surface area contributed by atoms with Crippen LogP contribution in [0.25, 0.3) is 0 Å². The third-order valence-corrected chi connectivity index (χ3v) is 2.85. The van der Waals surface area contributed by atoms with Crippen LogP contribution in [-0.4, -0.2) is 27.1 Å². The minimum Gasteiger partial charge on any atom is -0.367 e. The molecule has 0 amide bonds. The van der Waals surface area contributed by atoms with Gasteiger partial charge in [-0.2, -0.15) is 0 Å². The molecule has 19 heavy (non-hydrogen) atoms. The van der Waals surface area contributed by atoms with Gasteiger partial charge < -0.3 is 10.4 Å². The standard InChI is InChI=1S/C14H12N2O2S/c17-12(10-5-2-1-3-6-10)13(18)16-14(19)11-7-4-8-15-9-11/h1-9,13,18H,(H,16,19)/t13-/m1/s1. The van der Waals surface area contributed by atoms with Gasteiger partial charge in [-0.3, -0.25) is 9.78 Å². The van der Waals surface area contributed by atoms with Crippen LogP contribution in [0.3, 0.4) is 0 Å². The van der Waals surface area contributed by atoms with E-state index in [-0.39, 0.29) is 4.99 Å². The van der Waals surface area contributed by atoms with Crippen LogP contribution < -0.4 is 5.32 Å². The number of carbonyl (C=O) groups excluding carboxylic acids is 1. The van der Waals surface area contributed by atoms with Crippen molar-refractivity contribution in [3.8, 4) is 0 Å².